The molecular weight excluding hydrogens is 122 g/mol. The fourth-order valence-corrected chi connectivity index (χ4v) is 1.35. The molecule has 2 N–H and O–H groups in total. The molecule has 58 valence electrons. The van der Waals surface area contributed by atoms with Crippen LogP contribution in [0.3, 0.4) is 0 Å². The second kappa shape index (κ2) is 2.75. The lowest BCUT2D eigenvalue weighted by atomic mass is 9.74. The third-order valence-corrected chi connectivity index (χ3v) is 2.47. The molecule has 0 saturated heterocycles. The number of hydrogen-bond acceptors (Lipinski definition) is 1. The molecule has 0 amide bonds. The van der Waals surface area contributed by atoms with Crippen molar-refractivity contribution >= 4 is 0 Å². The molecule has 1 heteroatoms. The second-order valence-electron chi connectivity index (χ2n) is 3.63. The highest BCUT2D eigenvalue weighted by Crippen LogP contribution is 2.36. The van der Waals surface area contributed by atoms with E-state index in [1.165, 1.54) is 18.4 Å². The lowest BCUT2D eigenvalue weighted by molar-refractivity contribution is 0.354. The standard InChI is InChI=1S/C9H17N/c1-6(2)8-4-9(5-8)7(3)10/h7,9H,4-5,10H2,1-3H3. The van der Waals surface area contributed by atoms with Gasteiger partial charge in [-0.3, -0.25) is 0 Å². The average Bonchev–Trinajstić information content (AvgIpc) is 1.56. The van der Waals surface area contributed by atoms with Crippen LogP contribution in [0.2, 0.25) is 0 Å². The highest BCUT2D eigenvalue weighted by Gasteiger charge is 2.26. The van der Waals surface area contributed by atoms with Crippen molar-refractivity contribution in [1.29, 1.82) is 0 Å². The molecule has 1 unspecified atom stereocenters. The lowest BCUT2D eigenvalue weighted by Crippen LogP contribution is -2.33. The highest BCUT2D eigenvalue weighted by atomic mass is 14.6. The van der Waals surface area contributed by atoms with Gasteiger partial charge in [0.1, 0.15) is 0 Å². The first-order valence-corrected chi connectivity index (χ1v) is 4.02. The average molecular weight is 139 g/mol. The summed E-state index contributed by atoms with van der Waals surface area (Å²) in [6.07, 6.45) is 2.50. The quantitative estimate of drug-likeness (QED) is 0.553. The normalized spacial score (nSPS) is 27.6. The van der Waals surface area contributed by atoms with Crippen molar-refractivity contribution in [3.8, 4) is 0 Å². The molecule has 0 heterocycles. The second-order valence-corrected chi connectivity index (χ2v) is 3.63. The van der Waals surface area contributed by atoms with Crippen molar-refractivity contribution in [3.05, 3.63) is 11.1 Å². The predicted octanol–water partition coefficient (Wildman–Crippen LogP) is 2.08. The molecule has 0 bridgehead atoms. The number of nitrogens with two attached hydrogens (primary N) is 1. The summed E-state index contributed by atoms with van der Waals surface area (Å²) in [5, 5.41) is 0. The zero-order chi connectivity index (χ0) is 7.72. The van der Waals surface area contributed by atoms with Crippen molar-refractivity contribution in [2.75, 3.05) is 0 Å². The van der Waals surface area contributed by atoms with Crippen LogP contribution in [-0.4, -0.2) is 6.04 Å². The molecule has 0 aromatic rings. The van der Waals surface area contributed by atoms with E-state index < -0.39 is 0 Å². The topological polar surface area (TPSA) is 26.0 Å². The molecule has 1 rings (SSSR count). The van der Waals surface area contributed by atoms with Crippen LogP contribution in [0.1, 0.15) is 33.6 Å². The fourth-order valence-electron chi connectivity index (χ4n) is 1.35. The van der Waals surface area contributed by atoms with Gasteiger partial charge in [-0.15, -0.1) is 0 Å². The SMILES string of the molecule is CC(C)=C1CC(C(C)N)C1. The Labute approximate surface area is 63.3 Å². The summed E-state index contributed by atoms with van der Waals surface area (Å²) in [4.78, 5) is 0. The summed E-state index contributed by atoms with van der Waals surface area (Å²) >= 11 is 0. The first-order valence-electron chi connectivity index (χ1n) is 4.02. The summed E-state index contributed by atoms with van der Waals surface area (Å²) in [5.41, 5.74) is 8.86. The van der Waals surface area contributed by atoms with Gasteiger partial charge in [-0.05, 0) is 39.5 Å². The van der Waals surface area contributed by atoms with E-state index in [0.717, 1.165) is 5.92 Å². The molecule has 0 spiro atoms. The van der Waals surface area contributed by atoms with Crippen molar-refractivity contribution in [2.45, 2.75) is 39.7 Å². The largest absolute Gasteiger partial charge is 0.328 e. The summed E-state index contributed by atoms with van der Waals surface area (Å²) < 4.78 is 0. The lowest BCUT2D eigenvalue weighted by Gasteiger charge is -2.33. The maximum Gasteiger partial charge on any atom is 0.00448 e. The Morgan fingerprint density at radius 3 is 2.30 bits per heavy atom. The van der Waals surface area contributed by atoms with Crippen LogP contribution in [0.15, 0.2) is 11.1 Å². The van der Waals surface area contributed by atoms with Gasteiger partial charge in [0, 0.05) is 6.04 Å². The molecular formula is C9H17N. The molecule has 10 heavy (non-hydrogen) atoms. The third kappa shape index (κ3) is 1.40. The van der Waals surface area contributed by atoms with Crippen LogP contribution >= 0.6 is 0 Å². The number of rotatable bonds is 1. The van der Waals surface area contributed by atoms with E-state index in [1.54, 1.807) is 5.57 Å². The van der Waals surface area contributed by atoms with Gasteiger partial charge in [0.15, 0.2) is 0 Å². The van der Waals surface area contributed by atoms with Crippen molar-refractivity contribution in [1.82, 2.24) is 0 Å². The van der Waals surface area contributed by atoms with E-state index in [9.17, 15) is 0 Å². The molecule has 0 aromatic heterocycles. The van der Waals surface area contributed by atoms with E-state index in [1.807, 2.05) is 0 Å². The Balaban J connectivity index is 2.38. The van der Waals surface area contributed by atoms with Gasteiger partial charge in [0.05, 0.1) is 0 Å². The zero-order valence-electron chi connectivity index (χ0n) is 7.15. The van der Waals surface area contributed by atoms with E-state index in [-0.39, 0.29) is 0 Å². The van der Waals surface area contributed by atoms with Crippen LogP contribution < -0.4 is 5.73 Å². The minimum absolute atomic E-state index is 0.392. The Bertz CT molecular complexity index is 144. The Kier molecular flexibility index (Phi) is 2.14. The van der Waals surface area contributed by atoms with Crippen LogP contribution in [0, 0.1) is 5.92 Å². The van der Waals surface area contributed by atoms with E-state index >= 15 is 0 Å². The molecule has 0 aromatic carbocycles. The van der Waals surface area contributed by atoms with E-state index in [2.05, 4.69) is 20.8 Å². The monoisotopic (exact) mass is 139 g/mol. The van der Waals surface area contributed by atoms with Crippen LogP contribution in [0.5, 0.6) is 0 Å². The molecule has 1 nitrogen and oxygen atoms in total. The van der Waals surface area contributed by atoms with Gasteiger partial charge in [-0.2, -0.15) is 0 Å². The van der Waals surface area contributed by atoms with Crippen LogP contribution in [0.4, 0.5) is 0 Å². The van der Waals surface area contributed by atoms with Crippen molar-refractivity contribution < 1.29 is 0 Å². The predicted molar refractivity (Wildman–Crippen MR) is 44.7 cm³/mol. The first-order chi connectivity index (χ1) is 4.61. The fraction of sp³-hybridized carbons (Fsp3) is 0.778. The third-order valence-electron chi connectivity index (χ3n) is 2.47. The van der Waals surface area contributed by atoms with Crippen LogP contribution in [0.25, 0.3) is 0 Å². The molecule has 0 aliphatic heterocycles. The zero-order valence-corrected chi connectivity index (χ0v) is 7.15. The van der Waals surface area contributed by atoms with Gasteiger partial charge in [-0.25, -0.2) is 0 Å². The molecule has 1 saturated carbocycles. The Morgan fingerprint density at radius 2 is 2.00 bits per heavy atom. The summed E-state index contributed by atoms with van der Waals surface area (Å²) in [7, 11) is 0. The maximum absolute atomic E-state index is 5.74. The molecule has 1 atom stereocenters. The minimum Gasteiger partial charge on any atom is -0.328 e. The summed E-state index contributed by atoms with van der Waals surface area (Å²) in [6, 6.07) is 0.392. The van der Waals surface area contributed by atoms with Crippen molar-refractivity contribution in [3.63, 3.8) is 0 Å². The van der Waals surface area contributed by atoms with Gasteiger partial charge >= 0.3 is 0 Å². The molecule has 0 radical (unpaired) electrons. The minimum atomic E-state index is 0.392. The Morgan fingerprint density at radius 1 is 1.50 bits per heavy atom. The van der Waals surface area contributed by atoms with Crippen molar-refractivity contribution in [2.24, 2.45) is 11.7 Å². The number of hydrogen-bond donors (Lipinski definition) is 1. The van der Waals surface area contributed by atoms with E-state index in [0.29, 0.717) is 6.04 Å². The summed E-state index contributed by atoms with van der Waals surface area (Å²) in [5.74, 6) is 0.768. The van der Waals surface area contributed by atoms with Gasteiger partial charge in [-0.1, -0.05) is 11.1 Å². The Hall–Kier alpha value is -0.300. The maximum atomic E-state index is 5.74. The molecule has 1 aliphatic carbocycles. The first kappa shape index (κ1) is 7.80. The highest BCUT2D eigenvalue weighted by molar-refractivity contribution is 5.19. The molecule has 1 aliphatic rings. The smallest absolute Gasteiger partial charge is 0.00448 e. The summed E-state index contributed by atoms with van der Waals surface area (Å²) in [6.45, 7) is 6.48. The van der Waals surface area contributed by atoms with E-state index in [4.69, 9.17) is 5.73 Å². The number of allylic oxidation sites excluding steroid dienone is 2. The van der Waals surface area contributed by atoms with Gasteiger partial charge in [0.2, 0.25) is 0 Å². The van der Waals surface area contributed by atoms with Gasteiger partial charge in [0.25, 0.3) is 0 Å². The molecule has 1 fully saturated rings. The van der Waals surface area contributed by atoms with Crippen LogP contribution in [-0.2, 0) is 0 Å². The van der Waals surface area contributed by atoms with Gasteiger partial charge < -0.3 is 5.73 Å².